The predicted molar refractivity (Wildman–Crippen MR) is 139 cm³/mol. The molecular weight excluding hydrogens is 424 g/mol. The number of benzene rings is 2. The number of ether oxygens (including phenoxy) is 2. The van der Waals surface area contributed by atoms with Crippen molar-refractivity contribution >= 4 is 18.7 Å². The molecule has 2 fully saturated rings. The van der Waals surface area contributed by atoms with Crippen molar-refractivity contribution < 1.29 is 13.9 Å². The van der Waals surface area contributed by atoms with Gasteiger partial charge in [0.2, 0.25) is 0 Å². The Morgan fingerprint density at radius 3 is 2.03 bits per heavy atom. The van der Waals surface area contributed by atoms with Crippen LogP contribution in [0.1, 0.15) is 59.3 Å². The van der Waals surface area contributed by atoms with E-state index < -0.39 is 8.32 Å². The van der Waals surface area contributed by atoms with Crippen LogP contribution in [-0.4, -0.2) is 34.4 Å². The van der Waals surface area contributed by atoms with Crippen molar-refractivity contribution in [3.05, 3.63) is 72.3 Å². The van der Waals surface area contributed by atoms with Gasteiger partial charge in [-0.2, -0.15) is 0 Å². The van der Waals surface area contributed by atoms with E-state index in [1.165, 1.54) is 41.6 Å². The van der Waals surface area contributed by atoms with E-state index in [1.807, 2.05) is 0 Å². The van der Waals surface area contributed by atoms with Crippen molar-refractivity contribution in [2.45, 2.75) is 70.6 Å². The third-order valence-corrected chi connectivity index (χ3v) is 12.2. The third-order valence-electron chi connectivity index (χ3n) is 7.27. The van der Waals surface area contributed by atoms with E-state index in [1.54, 1.807) is 0 Å². The molecule has 0 spiro atoms. The molecule has 1 saturated carbocycles. The fourth-order valence-corrected chi connectivity index (χ4v) is 9.72. The summed E-state index contributed by atoms with van der Waals surface area (Å²) in [6, 6.07) is 21.8. The molecule has 4 heteroatoms. The third kappa shape index (κ3) is 5.68. The molecule has 2 aromatic carbocycles. The maximum absolute atomic E-state index is 7.21. The first-order valence-corrected chi connectivity index (χ1v) is 14.6. The van der Waals surface area contributed by atoms with Crippen LogP contribution >= 0.6 is 0 Å². The quantitative estimate of drug-likeness (QED) is 0.345. The van der Waals surface area contributed by atoms with Crippen molar-refractivity contribution in [3.8, 4) is 0 Å². The van der Waals surface area contributed by atoms with Gasteiger partial charge in [0, 0.05) is 6.61 Å². The molecule has 3 nitrogen and oxygen atoms in total. The van der Waals surface area contributed by atoms with Crippen LogP contribution in [0.5, 0.6) is 0 Å². The Bertz CT molecular complexity index is 839. The molecule has 178 valence electrons. The molecule has 0 N–H and O–H groups in total. The maximum Gasteiger partial charge on any atom is 0.261 e. The maximum atomic E-state index is 7.21. The monoisotopic (exact) mass is 464 g/mol. The standard InChI is InChI=1S/C29H40O3Si/c1-29(2,3)33(26-15-6-4-7-16-26,27-17-8-5-9-18-27)32-23-25(24-13-12-14-24)20-22-31-28-19-10-11-21-30-28/h4-9,15-18,20,24,28H,10-14,19,21-23H2,1-3H3/b25-20-. The first-order chi connectivity index (χ1) is 16.0. The smallest absolute Gasteiger partial charge is 0.261 e. The van der Waals surface area contributed by atoms with Crippen molar-refractivity contribution in [2.24, 2.45) is 5.92 Å². The molecule has 1 unspecified atom stereocenters. The zero-order chi connectivity index (χ0) is 23.2. The highest BCUT2D eigenvalue weighted by molar-refractivity contribution is 6.99. The lowest BCUT2D eigenvalue weighted by molar-refractivity contribution is -0.155. The Labute approximate surface area is 201 Å². The Morgan fingerprint density at radius 1 is 0.909 bits per heavy atom. The molecule has 2 aliphatic rings. The molecule has 0 bridgehead atoms. The van der Waals surface area contributed by atoms with Crippen molar-refractivity contribution in [2.75, 3.05) is 19.8 Å². The van der Waals surface area contributed by atoms with E-state index in [9.17, 15) is 0 Å². The van der Waals surface area contributed by atoms with Gasteiger partial charge >= 0.3 is 0 Å². The molecule has 1 atom stereocenters. The predicted octanol–water partition coefficient (Wildman–Crippen LogP) is 5.83. The highest BCUT2D eigenvalue weighted by Gasteiger charge is 2.50. The van der Waals surface area contributed by atoms with Crippen LogP contribution in [0.25, 0.3) is 0 Å². The lowest BCUT2D eigenvalue weighted by Crippen LogP contribution is -2.66. The summed E-state index contributed by atoms with van der Waals surface area (Å²) in [5, 5.41) is 2.67. The van der Waals surface area contributed by atoms with Crippen LogP contribution < -0.4 is 10.4 Å². The van der Waals surface area contributed by atoms with Crippen molar-refractivity contribution in [3.63, 3.8) is 0 Å². The molecule has 1 heterocycles. The summed E-state index contributed by atoms with van der Waals surface area (Å²) >= 11 is 0. The minimum absolute atomic E-state index is 0.00708. The zero-order valence-corrected chi connectivity index (χ0v) is 21.6. The molecule has 0 amide bonds. The van der Waals surface area contributed by atoms with E-state index in [-0.39, 0.29) is 11.3 Å². The molecule has 1 saturated heterocycles. The van der Waals surface area contributed by atoms with Crippen LogP contribution in [0.2, 0.25) is 5.04 Å². The molecule has 4 rings (SSSR count). The van der Waals surface area contributed by atoms with Gasteiger partial charge in [0.15, 0.2) is 6.29 Å². The van der Waals surface area contributed by atoms with Crippen LogP contribution in [0.15, 0.2) is 72.3 Å². The van der Waals surface area contributed by atoms with Gasteiger partial charge in [0.25, 0.3) is 8.32 Å². The minimum Gasteiger partial charge on any atom is -0.403 e. The normalized spacial score (nSPS) is 20.5. The van der Waals surface area contributed by atoms with E-state index in [0.29, 0.717) is 19.1 Å². The van der Waals surface area contributed by atoms with E-state index in [0.717, 1.165) is 19.4 Å². The van der Waals surface area contributed by atoms with Gasteiger partial charge in [-0.15, -0.1) is 0 Å². The van der Waals surface area contributed by atoms with E-state index in [2.05, 4.69) is 87.5 Å². The zero-order valence-electron chi connectivity index (χ0n) is 20.6. The van der Waals surface area contributed by atoms with Gasteiger partial charge in [0.05, 0.1) is 13.2 Å². The summed E-state index contributed by atoms with van der Waals surface area (Å²) in [5.41, 5.74) is 1.41. The van der Waals surface area contributed by atoms with E-state index in [4.69, 9.17) is 13.9 Å². The first kappa shape index (κ1) is 24.4. The molecule has 0 radical (unpaired) electrons. The van der Waals surface area contributed by atoms with Crippen LogP contribution in [0.4, 0.5) is 0 Å². The molecule has 1 aliphatic carbocycles. The summed E-state index contributed by atoms with van der Waals surface area (Å²) in [4.78, 5) is 0. The van der Waals surface area contributed by atoms with Gasteiger partial charge < -0.3 is 13.9 Å². The Balaban J connectivity index is 1.59. The average molecular weight is 465 g/mol. The second kappa shape index (κ2) is 11.1. The van der Waals surface area contributed by atoms with Crippen LogP contribution in [-0.2, 0) is 13.9 Å². The average Bonchev–Trinajstić information content (AvgIpc) is 2.79. The lowest BCUT2D eigenvalue weighted by atomic mass is 9.80. The highest BCUT2D eigenvalue weighted by Crippen LogP contribution is 2.39. The molecule has 2 aromatic rings. The Hall–Kier alpha value is -1.72. The van der Waals surface area contributed by atoms with Gasteiger partial charge in [-0.05, 0) is 59.0 Å². The minimum atomic E-state index is -2.52. The number of hydrogen-bond donors (Lipinski definition) is 0. The highest BCUT2D eigenvalue weighted by atomic mass is 28.4. The van der Waals surface area contributed by atoms with Gasteiger partial charge in [-0.3, -0.25) is 0 Å². The van der Waals surface area contributed by atoms with Crippen LogP contribution in [0, 0.1) is 5.92 Å². The van der Waals surface area contributed by atoms with Crippen molar-refractivity contribution in [1.29, 1.82) is 0 Å². The topological polar surface area (TPSA) is 27.7 Å². The number of rotatable bonds is 9. The number of hydrogen-bond acceptors (Lipinski definition) is 3. The fraction of sp³-hybridized carbons (Fsp3) is 0.517. The molecule has 1 aliphatic heterocycles. The SMILES string of the molecule is CC(C)(C)[Si](OC/C(=C/COC1CCCCO1)C1CCC1)(c1ccccc1)c1ccccc1. The summed E-state index contributed by atoms with van der Waals surface area (Å²) < 4.78 is 19.0. The second-order valence-electron chi connectivity index (χ2n) is 10.5. The summed E-state index contributed by atoms with van der Waals surface area (Å²) in [6.45, 7) is 9.13. The largest absolute Gasteiger partial charge is 0.403 e. The lowest BCUT2D eigenvalue weighted by Gasteiger charge is -2.44. The van der Waals surface area contributed by atoms with Crippen LogP contribution in [0.3, 0.4) is 0 Å². The van der Waals surface area contributed by atoms with Crippen molar-refractivity contribution in [1.82, 2.24) is 0 Å². The molecule has 0 aromatic heterocycles. The molecule has 33 heavy (non-hydrogen) atoms. The second-order valence-corrected chi connectivity index (χ2v) is 14.8. The Morgan fingerprint density at radius 2 is 1.55 bits per heavy atom. The van der Waals surface area contributed by atoms with Gasteiger partial charge in [-0.1, -0.05) is 93.9 Å². The summed E-state index contributed by atoms with van der Waals surface area (Å²) in [5.74, 6) is 0.624. The van der Waals surface area contributed by atoms with Gasteiger partial charge in [0.1, 0.15) is 0 Å². The summed E-state index contributed by atoms with van der Waals surface area (Å²) in [7, 11) is -2.52. The van der Waals surface area contributed by atoms with E-state index >= 15 is 0 Å². The summed E-state index contributed by atoms with van der Waals surface area (Å²) in [6.07, 6.45) is 9.43. The fourth-order valence-electron chi connectivity index (χ4n) is 5.18. The van der Waals surface area contributed by atoms with Gasteiger partial charge in [-0.25, -0.2) is 0 Å². The molecular formula is C29H40O3Si. The Kier molecular flexibility index (Phi) is 8.23. The first-order valence-electron chi connectivity index (χ1n) is 12.7.